The van der Waals surface area contributed by atoms with Crippen LogP contribution < -0.4 is 5.32 Å². The van der Waals surface area contributed by atoms with E-state index in [2.05, 4.69) is 58.7 Å². The van der Waals surface area contributed by atoms with E-state index in [1.165, 1.54) is 35.4 Å². The third-order valence-corrected chi connectivity index (χ3v) is 6.78. The molecule has 2 amide bonds. The minimum atomic E-state index is -0.349. The Morgan fingerprint density at radius 2 is 1.32 bits per heavy atom. The van der Waals surface area contributed by atoms with E-state index in [0.29, 0.717) is 25.2 Å². The standard InChI is InChI=1S/C28H28FN3O2/c29-22-11-13-23(14-12-22)30-27(33)24-19-25(24)28(34)32-17-15-31(16-18-32)26(20-7-3-1-4-8-20)21-9-5-2-6-10-21/h1-14,24-26H,15-19H2,(H,30,33). The number of halogens is 1. The highest BCUT2D eigenvalue weighted by Gasteiger charge is 2.49. The van der Waals surface area contributed by atoms with Crippen LogP contribution in [0.5, 0.6) is 0 Å². The van der Waals surface area contributed by atoms with Crippen molar-refractivity contribution in [2.45, 2.75) is 12.5 Å². The van der Waals surface area contributed by atoms with Crippen LogP contribution in [-0.4, -0.2) is 47.8 Å². The first-order valence-electron chi connectivity index (χ1n) is 11.8. The van der Waals surface area contributed by atoms with Crippen molar-refractivity contribution < 1.29 is 14.0 Å². The van der Waals surface area contributed by atoms with Gasteiger partial charge in [-0.05, 0) is 41.8 Å². The van der Waals surface area contributed by atoms with Crippen molar-refractivity contribution in [2.75, 3.05) is 31.5 Å². The fraction of sp³-hybridized carbons (Fsp3) is 0.286. The molecule has 5 nitrogen and oxygen atoms in total. The van der Waals surface area contributed by atoms with E-state index in [4.69, 9.17) is 0 Å². The summed E-state index contributed by atoms with van der Waals surface area (Å²) >= 11 is 0. The Labute approximate surface area is 199 Å². The number of benzene rings is 3. The predicted molar refractivity (Wildman–Crippen MR) is 130 cm³/mol. The highest BCUT2D eigenvalue weighted by atomic mass is 19.1. The van der Waals surface area contributed by atoms with E-state index in [0.717, 1.165) is 13.1 Å². The molecule has 174 valence electrons. The number of anilines is 1. The first-order chi connectivity index (χ1) is 16.6. The minimum absolute atomic E-state index is 0.0647. The van der Waals surface area contributed by atoms with Crippen LogP contribution in [0.15, 0.2) is 84.9 Å². The summed E-state index contributed by atoms with van der Waals surface area (Å²) in [6.07, 6.45) is 0.572. The van der Waals surface area contributed by atoms with Crippen molar-refractivity contribution in [1.29, 1.82) is 0 Å². The molecule has 34 heavy (non-hydrogen) atoms. The molecule has 2 aliphatic rings. The first kappa shape index (κ1) is 22.3. The van der Waals surface area contributed by atoms with Gasteiger partial charge in [-0.3, -0.25) is 14.5 Å². The summed E-state index contributed by atoms with van der Waals surface area (Å²) in [6, 6.07) is 26.8. The lowest BCUT2D eigenvalue weighted by molar-refractivity contribution is -0.136. The SMILES string of the molecule is O=C(Nc1ccc(F)cc1)C1CC1C(=O)N1CCN(C(c2ccccc2)c2ccccc2)CC1. The van der Waals surface area contributed by atoms with Crippen molar-refractivity contribution in [3.05, 3.63) is 102 Å². The number of nitrogens with one attached hydrogen (secondary N) is 1. The van der Waals surface area contributed by atoms with E-state index in [1.54, 1.807) is 0 Å². The lowest BCUT2D eigenvalue weighted by Gasteiger charge is -2.40. The molecule has 1 saturated heterocycles. The summed E-state index contributed by atoms with van der Waals surface area (Å²) in [4.78, 5) is 29.9. The molecule has 6 heteroatoms. The minimum Gasteiger partial charge on any atom is -0.340 e. The average Bonchev–Trinajstić information content (AvgIpc) is 3.68. The topological polar surface area (TPSA) is 52.7 Å². The molecule has 3 aromatic carbocycles. The second-order valence-corrected chi connectivity index (χ2v) is 9.03. The Morgan fingerprint density at radius 3 is 1.88 bits per heavy atom. The number of carbonyl (C=O) groups excluding carboxylic acids is 2. The summed E-state index contributed by atoms with van der Waals surface area (Å²) in [5.74, 6) is -1.02. The maximum Gasteiger partial charge on any atom is 0.228 e. The van der Waals surface area contributed by atoms with Crippen molar-refractivity contribution in [3.8, 4) is 0 Å². The van der Waals surface area contributed by atoms with Crippen molar-refractivity contribution in [1.82, 2.24) is 9.80 Å². The second kappa shape index (κ2) is 9.77. The molecular formula is C28H28FN3O2. The molecule has 1 N–H and O–H groups in total. The van der Waals surface area contributed by atoms with Gasteiger partial charge < -0.3 is 10.2 Å². The Kier molecular flexibility index (Phi) is 6.41. The maximum atomic E-state index is 13.1. The van der Waals surface area contributed by atoms with E-state index >= 15 is 0 Å². The highest BCUT2D eigenvalue weighted by Crippen LogP contribution is 2.41. The number of hydrogen-bond acceptors (Lipinski definition) is 3. The molecule has 3 aromatic rings. The molecule has 2 unspecified atom stereocenters. The van der Waals surface area contributed by atoms with Crippen LogP contribution in [0.2, 0.25) is 0 Å². The molecule has 2 atom stereocenters. The Morgan fingerprint density at radius 1 is 0.765 bits per heavy atom. The lowest BCUT2D eigenvalue weighted by Crippen LogP contribution is -2.50. The quantitative estimate of drug-likeness (QED) is 0.599. The second-order valence-electron chi connectivity index (χ2n) is 9.03. The van der Waals surface area contributed by atoms with Crippen LogP contribution >= 0.6 is 0 Å². The van der Waals surface area contributed by atoms with Gasteiger partial charge in [0.05, 0.1) is 17.9 Å². The first-order valence-corrected chi connectivity index (χ1v) is 11.8. The molecule has 0 radical (unpaired) electrons. The van der Waals surface area contributed by atoms with E-state index in [-0.39, 0.29) is 35.5 Å². The zero-order chi connectivity index (χ0) is 23.5. The third kappa shape index (κ3) is 4.87. The summed E-state index contributed by atoms with van der Waals surface area (Å²) in [6.45, 7) is 2.86. The van der Waals surface area contributed by atoms with Gasteiger partial charge in [-0.1, -0.05) is 60.7 Å². The number of rotatable bonds is 6. The molecule has 5 rings (SSSR count). The predicted octanol–water partition coefficient (Wildman–Crippen LogP) is 4.33. The summed E-state index contributed by atoms with van der Waals surface area (Å²) in [5, 5.41) is 2.79. The number of hydrogen-bond donors (Lipinski definition) is 1. The van der Waals surface area contributed by atoms with Crippen LogP contribution in [0.25, 0.3) is 0 Å². The van der Waals surface area contributed by atoms with Crippen LogP contribution in [-0.2, 0) is 9.59 Å². The molecule has 2 fully saturated rings. The van der Waals surface area contributed by atoms with E-state index in [1.807, 2.05) is 17.0 Å². The monoisotopic (exact) mass is 457 g/mol. The summed E-state index contributed by atoms with van der Waals surface area (Å²) in [7, 11) is 0. The van der Waals surface area contributed by atoms with Gasteiger partial charge in [-0.15, -0.1) is 0 Å². The molecule has 0 bridgehead atoms. The number of amides is 2. The zero-order valence-electron chi connectivity index (χ0n) is 18.9. The summed E-state index contributed by atoms with van der Waals surface area (Å²) in [5.41, 5.74) is 3.03. The molecule has 1 aliphatic heterocycles. The number of carbonyl (C=O) groups is 2. The smallest absolute Gasteiger partial charge is 0.228 e. The van der Waals surface area contributed by atoms with E-state index < -0.39 is 0 Å². The largest absolute Gasteiger partial charge is 0.340 e. The van der Waals surface area contributed by atoms with Gasteiger partial charge >= 0.3 is 0 Å². The van der Waals surface area contributed by atoms with Crippen molar-refractivity contribution in [3.63, 3.8) is 0 Å². The van der Waals surface area contributed by atoms with Crippen LogP contribution in [0.1, 0.15) is 23.6 Å². The van der Waals surface area contributed by atoms with Crippen LogP contribution in [0.3, 0.4) is 0 Å². The van der Waals surface area contributed by atoms with Gasteiger partial charge in [0.1, 0.15) is 5.82 Å². The Balaban J connectivity index is 1.19. The van der Waals surface area contributed by atoms with Crippen molar-refractivity contribution in [2.24, 2.45) is 11.8 Å². The van der Waals surface area contributed by atoms with Crippen LogP contribution in [0.4, 0.5) is 10.1 Å². The van der Waals surface area contributed by atoms with Crippen LogP contribution in [0, 0.1) is 17.7 Å². The van der Waals surface area contributed by atoms with E-state index in [9.17, 15) is 14.0 Å². The van der Waals surface area contributed by atoms with Gasteiger partial charge in [0.2, 0.25) is 11.8 Å². The van der Waals surface area contributed by atoms with Crippen molar-refractivity contribution >= 4 is 17.5 Å². The lowest BCUT2D eigenvalue weighted by atomic mass is 9.96. The fourth-order valence-corrected chi connectivity index (χ4v) is 4.85. The van der Waals surface area contributed by atoms with Gasteiger partial charge in [-0.2, -0.15) is 0 Å². The maximum absolute atomic E-state index is 13.1. The molecule has 0 spiro atoms. The zero-order valence-corrected chi connectivity index (χ0v) is 18.9. The molecule has 1 heterocycles. The van der Waals surface area contributed by atoms with Gasteiger partial charge in [-0.25, -0.2) is 4.39 Å². The summed E-state index contributed by atoms with van der Waals surface area (Å²) < 4.78 is 13.1. The Bertz CT molecular complexity index is 1090. The average molecular weight is 458 g/mol. The number of piperazine rings is 1. The molecule has 1 saturated carbocycles. The highest BCUT2D eigenvalue weighted by molar-refractivity contribution is 5.99. The molecule has 0 aromatic heterocycles. The van der Waals surface area contributed by atoms with Gasteiger partial charge in [0, 0.05) is 31.9 Å². The molecule has 1 aliphatic carbocycles. The Hall–Kier alpha value is -3.51. The third-order valence-electron chi connectivity index (χ3n) is 6.78. The molecular weight excluding hydrogens is 429 g/mol. The fourth-order valence-electron chi connectivity index (χ4n) is 4.85. The number of nitrogens with zero attached hydrogens (tertiary/aromatic N) is 2. The van der Waals surface area contributed by atoms with Gasteiger partial charge in [0.15, 0.2) is 0 Å². The van der Waals surface area contributed by atoms with Gasteiger partial charge in [0.25, 0.3) is 0 Å². The normalized spacial score (nSPS) is 20.2.